The standard InChI is InChI=1S/C18H34OSi/c1-14-8-10-17(3,4)13-16-15(2)9-11-18(16,12-14)19-20(5,6)7/h8,15-16H,9-13H2,1-7H3/b14-8-/t15-,16+,18-/m1/s1. The van der Waals surface area contributed by atoms with Crippen LogP contribution in [0, 0.1) is 17.3 Å². The smallest absolute Gasteiger partial charge is 0.184 e. The van der Waals surface area contributed by atoms with E-state index in [1.54, 1.807) is 5.57 Å². The van der Waals surface area contributed by atoms with Crippen LogP contribution >= 0.6 is 0 Å². The van der Waals surface area contributed by atoms with Gasteiger partial charge >= 0.3 is 0 Å². The SMILES string of the molecule is C/C1=C/CC(C)(C)C[C@H]2[C@H](C)CC[C@@]2(O[Si](C)(C)C)C1. The highest BCUT2D eigenvalue weighted by atomic mass is 28.4. The van der Waals surface area contributed by atoms with Gasteiger partial charge in [-0.2, -0.15) is 0 Å². The van der Waals surface area contributed by atoms with Crippen LogP contribution in [0.4, 0.5) is 0 Å². The molecule has 0 saturated heterocycles. The van der Waals surface area contributed by atoms with Crippen molar-refractivity contribution >= 4 is 8.32 Å². The maximum atomic E-state index is 6.86. The van der Waals surface area contributed by atoms with E-state index in [4.69, 9.17) is 4.43 Å². The molecule has 2 rings (SSSR count). The van der Waals surface area contributed by atoms with E-state index >= 15 is 0 Å². The molecule has 2 aliphatic carbocycles. The summed E-state index contributed by atoms with van der Waals surface area (Å²) in [6, 6.07) is 0. The highest BCUT2D eigenvalue weighted by Gasteiger charge is 2.51. The topological polar surface area (TPSA) is 9.23 Å². The normalized spacial score (nSPS) is 40.5. The van der Waals surface area contributed by atoms with Crippen molar-refractivity contribution in [3.63, 3.8) is 0 Å². The predicted octanol–water partition coefficient (Wildman–Crippen LogP) is 5.78. The first-order valence-electron chi connectivity index (χ1n) is 8.39. The lowest BCUT2D eigenvalue weighted by Gasteiger charge is -2.46. The van der Waals surface area contributed by atoms with Crippen LogP contribution in [0.1, 0.15) is 59.8 Å². The molecular formula is C18H34OSi. The molecule has 3 atom stereocenters. The number of fused-ring (bicyclic) bond motifs is 1. The number of rotatable bonds is 2. The molecule has 0 unspecified atom stereocenters. The van der Waals surface area contributed by atoms with Gasteiger partial charge in [0.05, 0.1) is 5.60 Å². The van der Waals surface area contributed by atoms with Crippen molar-refractivity contribution in [2.24, 2.45) is 17.3 Å². The molecule has 1 nitrogen and oxygen atoms in total. The summed E-state index contributed by atoms with van der Waals surface area (Å²) in [6.45, 7) is 16.7. The second kappa shape index (κ2) is 5.28. The summed E-state index contributed by atoms with van der Waals surface area (Å²) < 4.78 is 6.86. The van der Waals surface area contributed by atoms with Crippen LogP contribution in [-0.2, 0) is 4.43 Å². The summed E-state index contributed by atoms with van der Waals surface area (Å²) in [5.74, 6) is 1.56. The van der Waals surface area contributed by atoms with Crippen LogP contribution in [0.2, 0.25) is 19.6 Å². The summed E-state index contributed by atoms with van der Waals surface area (Å²) in [4.78, 5) is 0. The van der Waals surface area contributed by atoms with Gasteiger partial charge < -0.3 is 4.43 Å². The van der Waals surface area contributed by atoms with Gasteiger partial charge in [-0.25, -0.2) is 0 Å². The van der Waals surface area contributed by atoms with Crippen LogP contribution in [0.3, 0.4) is 0 Å². The molecule has 2 heteroatoms. The van der Waals surface area contributed by atoms with Gasteiger partial charge in [0.25, 0.3) is 0 Å². The maximum Gasteiger partial charge on any atom is 0.184 e. The molecular weight excluding hydrogens is 260 g/mol. The van der Waals surface area contributed by atoms with E-state index in [1.807, 2.05) is 0 Å². The van der Waals surface area contributed by atoms with Crippen molar-refractivity contribution in [1.29, 1.82) is 0 Å². The zero-order valence-corrected chi connectivity index (χ0v) is 15.7. The lowest BCUT2D eigenvalue weighted by atomic mass is 9.69. The lowest BCUT2D eigenvalue weighted by molar-refractivity contribution is -0.00881. The highest BCUT2D eigenvalue weighted by molar-refractivity contribution is 6.69. The van der Waals surface area contributed by atoms with Crippen LogP contribution in [0.25, 0.3) is 0 Å². The molecule has 0 spiro atoms. The van der Waals surface area contributed by atoms with Crippen molar-refractivity contribution in [1.82, 2.24) is 0 Å². The van der Waals surface area contributed by atoms with Crippen molar-refractivity contribution in [3.05, 3.63) is 11.6 Å². The van der Waals surface area contributed by atoms with Crippen molar-refractivity contribution in [2.75, 3.05) is 0 Å². The van der Waals surface area contributed by atoms with E-state index in [-0.39, 0.29) is 5.60 Å². The third-order valence-corrected chi connectivity index (χ3v) is 6.27. The zero-order valence-electron chi connectivity index (χ0n) is 14.7. The molecule has 0 aromatic carbocycles. The zero-order chi connectivity index (χ0) is 15.2. The van der Waals surface area contributed by atoms with Crippen molar-refractivity contribution in [3.8, 4) is 0 Å². The van der Waals surface area contributed by atoms with Gasteiger partial charge in [0.2, 0.25) is 0 Å². The summed E-state index contributed by atoms with van der Waals surface area (Å²) in [5.41, 5.74) is 2.11. The molecule has 0 aromatic rings. The third kappa shape index (κ3) is 3.57. The summed E-state index contributed by atoms with van der Waals surface area (Å²) in [7, 11) is -1.51. The largest absolute Gasteiger partial charge is 0.412 e. The number of hydrogen-bond acceptors (Lipinski definition) is 1. The summed E-state index contributed by atoms with van der Waals surface area (Å²) in [6.07, 6.45) is 8.81. The van der Waals surface area contributed by atoms with Gasteiger partial charge in [-0.15, -0.1) is 0 Å². The Morgan fingerprint density at radius 2 is 1.90 bits per heavy atom. The molecule has 2 aliphatic rings. The van der Waals surface area contributed by atoms with E-state index in [0.29, 0.717) is 5.41 Å². The predicted molar refractivity (Wildman–Crippen MR) is 90.4 cm³/mol. The second-order valence-corrected chi connectivity index (χ2v) is 13.6. The molecule has 0 bridgehead atoms. The molecule has 0 aromatic heterocycles. The van der Waals surface area contributed by atoms with Crippen LogP contribution in [-0.4, -0.2) is 13.9 Å². The quantitative estimate of drug-likeness (QED) is 0.463. The van der Waals surface area contributed by atoms with Gasteiger partial charge in [-0.05, 0) is 75.9 Å². The van der Waals surface area contributed by atoms with Crippen molar-refractivity contribution < 1.29 is 4.43 Å². The van der Waals surface area contributed by atoms with E-state index < -0.39 is 8.32 Å². The van der Waals surface area contributed by atoms with Gasteiger partial charge in [-0.3, -0.25) is 0 Å². The Labute approximate surface area is 127 Å². The first kappa shape index (κ1) is 16.3. The van der Waals surface area contributed by atoms with Crippen LogP contribution in [0.15, 0.2) is 11.6 Å². The molecule has 0 radical (unpaired) electrons. The van der Waals surface area contributed by atoms with E-state index in [2.05, 4.69) is 53.4 Å². The average Bonchev–Trinajstić information content (AvgIpc) is 2.51. The van der Waals surface area contributed by atoms with Gasteiger partial charge in [0, 0.05) is 0 Å². The Bertz CT molecular complexity index is 391. The highest BCUT2D eigenvalue weighted by Crippen LogP contribution is 2.53. The van der Waals surface area contributed by atoms with Crippen molar-refractivity contribution in [2.45, 2.75) is 85.0 Å². The Morgan fingerprint density at radius 1 is 1.25 bits per heavy atom. The fourth-order valence-electron chi connectivity index (χ4n) is 4.43. The van der Waals surface area contributed by atoms with E-state index in [9.17, 15) is 0 Å². The first-order valence-corrected chi connectivity index (χ1v) is 11.8. The molecule has 0 heterocycles. The average molecular weight is 295 g/mol. The van der Waals surface area contributed by atoms with Gasteiger partial charge in [-0.1, -0.05) is 32.4 Å². The Balaban J connectivity index is 2.38. The van der Waals surface area contributed by atoms with Crippen LogP contribution in [0.5, 0.6) is 0 Å². The monoisotopic (exact) mass is 294 g/mol. The molecule has 20 heavy (non-hydrogen) atoms. The maximum absolute atomic E-state index is 6.86. The van der Waals surface area contributed by atoms with Gasteiger partial charge in [0.1, 0.15) is 0 Å². The van der Waals surface area contributed by atoms with E-state index in [0.717, 1.165) is 11.8 Å². The molecule has 1 fully saturated rings. The minimum absolute atomic E-state index is 0.141. The molecule has 0 N–H and O–H groups in total. The Hall–Kier alpha value is -0.0831. The Kier molecular flexibility index (Phi) is 4.30. The molecule has 0 aliphatic heterocycles. The minimum Gasteiger partial charge on any atom is -0.412 e. The molecule has 0 amide bonds. The first-order chi connectivity index (χ1) is 9.03. The summed E-state index contributed by atoms with van der Waals surface area (Å²) >= 11 is 0. The summed E-state index contributed by atoms with van der Waals surface area (Å²) in [5, 5.41) is 0. The minimum atomic E-state index is -1.51. The Morgan fingerprint density at radius 3 is 2.50 bits per heavy atom. The number of allylic oxidation sites excluding steroid dienone is 1. The third-order valence-electron chi connectivity index (χ3n) is 5.25. The van der Waals surface area contributed by atoms with Gasteiger partial charge in [0.15, 0.2) is 8.32 Å². The molecule has 1 saturated carbocycles. The lowest BCUT2D eigenvalue weighted by Crippen LogP contribution is -2.48. The fraction of sp³-hybridized carbons (Fsp3) is 0.889. The fourth-order valence-corrected chi connectivity index (χ4v) is 5.97. The van der Waals surface area contributed by atoms with E-state index in [1.165, 1.54) is 32.1 Å². The number of hydrogen-bond donors (Lipinski definition) is 0. The second-order valence-electron chi connectivity index (χ2n) is 9.20. The molecule has 116 valence electrons. The van der Waals surface area contributed by atoms with Crippen LogP contribution < -0.4 is 0 Å².